The third-order valence-electron chi connectivity index (χ3n) is 10.4. The van der Waals surface area contributed by atoms with Gasteiger partial charge in [-0.3, -0.25) is 0 Å². The van der Waals surface area contributed by atoms with Gasteiger partial charge in [-0.1, -0.05) is 92.4 Å². The summed E-state index contributed by atoms with van der Waals surface area (Å²) in [5, 5.41) is 0. The van der Waals surface area contributed by atoms with Crippen molar-refractivity contribution in [1.82, 2.24) is 0 Å². The zero-order valence-corrected chi connectivity index (χ0v) is 27.1. The van der Waals surface area contributed by atoms with Crippen LogP contribution in [0.2, 0.25) is 37.3 Å². The maximum absolute atomic E-state index is 4.93. The molecule has 0 aromatic carbocycles. The van der Waals surface area contributed by atoms with Gasteiger partial charge in [0.2, 0.25) is 0 Å². The van der Waals surface area contributed by atoms with E-state index in [2.05, 4.69) is 53.9 Å². The van der Waals surface area contributed by atoms with Gasteiger partial charge in [0, 0.05) is 15.2 Å². The topological polar surface area (TPSA) is 0 Å². The van der Waals surface area contributed by atoms with E-state index in [4.69, 9.17) is 17.0 Å². The van der Waals surface area contributed by atoms with Crippen molar-refractivity contribution in [3.8, 4) is 0 Å². The average molecular weight is 557 g/mol. The van der Waals surface area contributed by atoms with Crippen molar-refractivity contribution in [2.24, 2.45) is 35.5 Å². The van der Waals surface area contributed by atoms with Crippen LogP contribution in [0.25, 0.3) is 0 Å². The molecule has 0 radical (unpaired) electrons. The Morgan fingerprint density at radius 3 is 1.59 bits per heavy atom. The van der Waals surface area contributed by atoms with Gasteiger partial charge in [-0.2, -0.15) is 0 Å². The molecule has 3 rings (SSSR count). The molecule has 5 heteroatoms. The molecule has 0 bridgehead atoms. The van der Waals surface area contributed by atoms with Crippen LogP contribution in [0.15, 0.2) is 0 Å². The molecule has 3 aliphatic carbocycles. The molecule has 0 aromatic rings. The van der Waals surface area contributed by atoms with Crippen LogP contribution in [-0.4, -0.2) is 15.2 Å². The van der Waals surface area contributed by atoms with E-state index >= 15 is 0 Å². The summed E-state index contributed by atoms with van der Waals surface area (Å²) < 4.78 is 0. The number of hydrogen-bond acceptors (Lipinski definition) is 0. The second-order valence-corrected chi connectivity index (χ2v) is 31.1. The first kappa shape index (κ1) is 30.9. The standard InChI is InChI=1S/C22H44Si2.2CH3.2ClH.Zr/c1-15-16(2)18(4)22(17(15)3)24(7,8)23(5,6)21-14-13-19-11-9-10-12-20(19)21;;;;;/h15-22H,9-14H2,1-8H3;2*1H3;2*1H;/q;2*-1;;;+4/p-2. The second-order valence-electron chi connectivity index (χ2n) is 11.4. The molecule has 0 saturated heterocycles. The van der Waals surface area contributed by atoms with Crippen molar-refractivity contribution in [2.45, 2.75) is 103 Å². The Morgan fingerprint density at radius 1 is 0.655 bits per heavy atom. The molecule has 0 N–H and O–H groups in total. The Kier molecular flexibility index (Phi) is 13.2. The zero-order valence-electron chi connectivity index (χ0n) is 21.1. The summed E-state index contributed by atoms with van der Waals surface area (Å²) in [5.41, 5.74) is 2.24. The molecule has 0 amide bonds. The summed E-state index contributed by atoms with van der Waals surface area (Å²) >= 11 is -0.826. The van der Waals surface area contributed by atoms with Crippen molar-refractivity contribution in [2.75, 3.05) is 0 Å². The van der Waals surface area contributed by atoms with Crippen LogP contribution in [0.4, 0.5) is 0 Å². The summed E-state index contributed by atoms with van der Waals surface area (Å²) in [7, 11) is 7.48. The van der Waals surface area contributed by atoms with E-state index in [1.54, 1.807) is 25.7 Å². The van der Waals surface area contributed by atoms with Gasteiger partial charge < -0.3 is 14.9 Å². The summed E-state index contributed by atoms with van der Waals surface area (Å²) in [4.78, 5) is 0. The van der Waals surface area contributed by atoms with Crippen LogP contribution in [0.5, 0.6) is 0 Å². The molecule has 0 aromatic heterocycles. The van der Waals surface area contributed by atoms with E-state index in [9.17, 15) is 0 Å². The number of hydrogen-bond donors (Lipinski definition) is 0. The zero-order chi connectivity index (χ0) is 20.6. The van der Waals surface area contributed by atoms with Gasteiger partial charge >= 0.3 is 37.9 Å². The first-order valence-corrected chi connectivity index (χ1v) is 25.0. The quantitative estimate of drug-likeness (QED) is 0.240. The van der Waals surface area contributed by atoms with Gasteiger partial charge in [-0.25, -0.2) is 0 Å². The Balaban J connectivity index is 0.00000148. The molecule has 0 spiro atoms. The third kappa shape index (κ3) is 5.88. The molecular weight excluding hydrogens is 507 g/mol. The van der Waals surface area contributed by atoms with Gasteiger partial charge in [-0.15, -0.1) is 0 Å². The van der Waals surface area contributed by atoms with Crippen LogP contribution < -0.4 is 0 Å². The van der Waals surface area contributed by atoms with Crippen LogP contribution in [0.3, 0.4) is 0 Å². The van der Waals surface area contributed by atoms with E-state index in [1.165, 1.54) is 12.8 Å². The Labute approximate surface area is 205 Å². The van der Waals surface area contributed by atoms with Crippen molar-refractivity contribution in [3.63, 3.8) is 0 Å². The third-order valence-corrected chi connectivity index (χ3v) is 31.1. The van der Waals surface area contributed by atoms with Gasteiger partial charge in [0.1, 0.15) is 0 Å². The molecule has 3 fully saturated rings. The Bertz CT molecular complexity index is 472. The fraction of sp³-hybridized carbons (Fsp3) is 0.917. The molecular formula is C24H50Cl2Si2Zr. The van der Waals surface area contributed by atoms with E-state index in [0.717, 1.165) is 46.6 Å². The average Bonchev–Trinajstić information content (AvgIpc) is 3.12. The van der Waals surface area contributed by atoms with Crippen LogP contribution in [0.1, 0.15) is 66.2 Å². The van der Waals surface area contributed by atoms with Crippen LogP contribution >= 0.6 is 17.0 Å². The molecule has 3 saturated carbocycles. The summed E-state index contributed by atoms with van der Waals surface area (Å²) in [5.74, 6) is 6.06. The van der Waals surface area contributed by atoms with E-state index < -0.39 is 36.0 Å². The second kappa shape index (κ2) is 12.4. The minimum absolute atomic E-state index is 0. The molecule has 7 atom stereocenters. The predicted octanol–water partition coefficient (Wildman–Crippen LogP) is 9.66. The fourth-order valence-corrected chi connectivity index (χ4v) is 23.5. The molecule has 3 aliphatic rings. The maximum atomic E-state index is 4.93. The van der Waals surface area contributed by atoms with Gasteiger partial charge in [0.05, 0.1) is 0 Å². The van der Waals surface area contributed by atoms with Crippen molar-refractivity contribution < 1.29 is 20.8 Å². The molecule has 0 heterocycles. The Morgan fingerprint density at radius 2 is 1.10 bits per heavy atom. The number of halogens is 2. The summed E-state index contributed by atoms with van der Waals surface area (Å²) in [6.07, 6.45) is 9.40. The van der Waals surface area contributed by atoms with Gasteiger partial charge in [-0.05, 0) is 46.6 Å². The van der Waals surface area contributed by atoms with Crippen LogP contribution in [0, 0.1) is 50.4 Å². The summed E-state index contributed by atoms with van der Waals surface area (Å²) in [6.45, 7) is 21.7. The van der Waals surface area contributed by atoms with Crippen molar-refractivity contribution in [1.29, 1.82) is 0 Å². The van der Waals surface area contributed by atoms with Crippen molar-refractivity contribution in [3.05, 3.63) is 14.9 Å². The monoisotopic (exact) mass is 554 g/mol. The number of fused-ring (bicyclic) bond motifs is 1. The van der Waals surface area contributed by atoms with Gasteiger partial charge in [0.15, 0.2) is 0 Å². The predicted molar refractivity (Wildman–Crippen MR) is 138 cm³/mol. The Hall–Kier alpha value is 1.90. The van der Waals surface area contributed by atoms with E-state index in [1.807, 2.05) is 0 Å². The summed E-state index contributed by atoms with van der Waals surface area (Å²) in [6, 6.07) is 0. The normalized spacial score (nSPS) is 39.2. The molecule has 172 valence electrons. The van der Waals surface area contributed by atoms with Crippen LogP contribution in [-0.2, 0) is 20.8 Å². The fourth-order valence-electron chi connectivity index (χ4n) is 7.94. The molecule has 0 aliphatic heterocycles. The first-order valence-electron chi connectivity index (χ1n) is 11.5. The first-order chi connectivity index (χ1) is 12.5. The van der Waals surface area contributed by atoms with E-state index in [-0.39, 0.29) is 14.9 Å². The van der Waals surface area contributed by atoms with Crippen molar-refractivity contribution >= 4 is 32.2 Å². The molecule has 7 unspecified atom stereocenters. The molecule has 0 nitrogen and oxygen atoms in total. The molecule has 29 heavy (non-hydrogen) atoms. The van der Waals surface area contributed by atoms with Gasteiger partial charge in [0.25, 0.3) is 0 Å². The minimum atomic E-state index is -1.21. The van der Waals surface area contributed by atoms with E-state index in [0.29, 0.717) is 0 Å². The SMILES string of the molecule is CC1C(C)C(C)C([Si](C)(C)[Si](C)(C)C2CCC3CCCCC32)C1C.[CH3-].[CH3-].[Cl][Zr+2][Cl]. The number of rotatable bonds is 3.